The van der Waals surface area contributed by atoms with E-state index in [1.54, 1.807) is 47.5 Å². The van der Waals surface area contributed by atoms with Gasteiger partial charge < -0.3 is 4.55 Å². The van der Waals surface area contributed by atoms with Crippen molar-refractivity contribution in [1.29, 1.82) is 0 Å². The minimum atomic E-state index is -1.09. The molecule has 0 atom stereocenters. The Hall–Kier alpha value is -4.67. The van der Waals surface area contributed by atoms with Crippen molar-refractivity contribution in [2.45, 2.75) is 11.5 Å². The molecule has 0 radical (unpaired) electrons. The van der Waals surface area contributed by atoms with Gasteiger partial charge in [-0.3, -0.25) is 9.97 Å². The van der Waals surface area contributed by atoms with Crippen LogP contribution in [-0.4, -0.2) is 24.5 Å². The van der Waals surface area contributed by atoms with E-state index >= 15 is 0 Å². The summed E-state index contributed by atoms with van der Waals surface area (Å²) in [5.41, 5.74) is 10.0. The van der Waals surface area contributed by atoms with Gasteiger partial charge in [-0.15, -0.1) is 22.7 Å². The Balaban J connectivity index is 0.966. The van der Waals surface area contributed by atoms with Crippen LogP contribution in [0.1, 0.15) is 11.1 Å². The number of pyridine rings is 2. The molecule has 0 aliphatic carbocycles. The number of hydrogen-bond acceptors (Lipinski definition) is 7. The van der Waals surface area contributed by atoms with Gasteiger partial charge in [-0.25, -0.2) is 9.97 Å². The molecule has 0 unspecified atom stereocenters. The van der Waals surface area contributed by atoms with Crippen molar-refractivity contribution in [1.82, 2.24) is 19.9 Å². The lowest BCUT2D eigenvalue weighted by Gasteiger charge is -2.12. The van der Waals surface area contributed by atoms with Crippen molar-refractivity contribution in [3.63, 3.8) is 0 Å². The van der Waals surface area contributed by atoms with E-state index in [1.165, 1.54) is 0 Å². The average Bonchev–Trinajstić information content (AvgIpc) is 3.83. The van der Waals surface area contributed by atoms with Gasteiger partial charge in [-0.1, -0.05) is 96.0 Å². The summed E-state index contributed by atoms with van der Waals surface area (Å²) in [6, 6.07) is 40.0. The number of benzene rings is 4. The third-order valence-corrected chi connectivity index (χ3v) is 12.6. The van der Waals surface area contributed by atoms with E-state index in [-0.39, 0.29) is 0 Å². The normalized spacial score (nSPS) is 11.3. The lowest BCUT2D eigenvalue weighted by Crippen LogP contribution is -2.07. The third kappa shape index (κ3) is 7.73. The molecule has 0 saturated carbocycles. The zero-order valence-corrected chi connectivity index (χ0v) is 31.4. The number of hydrogen-bond donors (Lipinski definition) is 0. The molecule has 4 aromatic heterocycles. The fraction of sp³-hybridized carbons (Fsp3) is 0.0476. The Labute approximate surface area is 322 Å². The summed E-state index contributed by atoms with van der Waals surface area (Å²) in [7, 11) is 0. The quantitative estimate of drug-likeness (QED) is 0.129. The summed E-state index contributed by atoms with van der Waals surface area (Å²) in [5.74, 6) is 0.925. The molecular formula is C42H28Cl2N4OS3. The second-order valence-corrected chi connectivity index (χ2v) is 16.3. The van der Waals surface area contributed by atoms with Crippen LogP contribution in [0.15, 0.2) is 146 Å². The van der Waals surface area contributed by atoms with Crippen LogP contribution < -0.4 is 0 Å². The number of nitrogens with zero attached hydrogens (tertiary/aromatic N) is 4. The molecule has 0 aliphatic heterocycles. The summed E-state index contributed by atoms with van der Waals surface area (Å²) >= 11 is 14.5. The number of rotatable bonds is 10. The van der Waals surface area contributed by atoms with Crippen molar-refractivity contribution < 1.29 is 4.55 Å². The molecule has 8 rings (SSSR count). The van der Waals surface area contributed by atoms with Crippen molar-refractivity contribution in [2.24, 2.45) is 0 Å². The van der Waals surface area contributed by atoms with Crippen molar-refractivity contribution >= 4 is 57.1 Å². The standard InChI is InChI=1S/C42H28Cl2N4OS3/c43-35-13-9-29(10-14-35)37-39(31-17-21-45-22-18-31)50-41(47-37)33-5-1-27(2-6-33)25-52(49)26-28-3-7-34(8-4-28)42-48-38(30-11-15-36(44)16-12-30)40(51-42)32-19-23-46-24-20-32/h1-24H,25-26H2. The minimum absolute atomic E-state index is 0.463. The van der Waals surface area contributed by atoms with Gasteiger partial charge in [0.15, 0.2) is 0 Å². The largest absolute Gasteiger partial charge is 0.616 e. The van der Waals surface area contributed by atoms with Gasteiger partial charge in [0, 0.05) is 68.2 Å². The summed E-state index contributed by atoms with van der Waals surface area (Å²) in [5, 5.41) is 3.20. The van der Waals surface area contributed by atoms with Crippen LogP contribution in [0, 0.1) is 0 Å². The van der Waals surface area contributed by atoms with Crippen LogP contribution >= 0.6 is 45.9 Å². The highest BCUT2D eigenvalue weighted by Gasteiger charge is 2.19. The van der Waals surface area contributed by atoms with Crippen molar-refractivity contribution in [3.8, 4) is 64.5 Å². The molecule has 0 bridgehead atoms. The van der Waals surface area contributed by atoms with Gasteiger partial charge in [-0.2, -0.15) is 0 Å². The number of aromatic nitrogens is 4. The smallest absolute Gasteiger partial charge is 0.131 e. The van der Waals surface area contributed by atoms with E-state index in [4.69, 9.17) is 33.2 Å². The van der Waals surface area contributed by atoms with Crippen LogP contribution in [0.5, 0.6) is 0 Å². The molecule has 8 aromatic rings. The molecule has 0 fully saturated rings. The number of thiazole rings is 2. The van der Waals surface area contributed by atoms with E-state index in [0.717, 1.165) is 75.7 Å². The van der Waals surface area contributed by atoms with E-state index in [1.807, 2.05) is 97.1 Å². The highest BCUT2D eigenvalue weighted by molar-refractivity contribution is 7.89. The first-order valence-electron chi connectivity index (χ1n) is 16.3. The fourth-order valence-corrected chi connectivity index (χ4v) is 9.48. The second-order valence-electron chi connectivity index (χ2n) is 12.0. The lowest BCUT2D eigenvalue weighted by atomic mass is 10.1. The molecule has 0 spiro atoms. The van der Waals surface area contributed by atoms with Crippen LogP contribution in [0.2, 0.25) is 10.0 Å². The first-order chi connectivity index (χ1) is 25.5. The predicted octanol–water partition coefficient (Wildman–Crippen LogP) is 12.1. The molecule has 0 saturated heterocycles. The monoisotopic (exact) mass is 770 g/mol. The van der Waals surface area contributed by atoms with Gasteiger partial charge in [-0.05, 0) is 70.8 Å². The van der Waals surface area contributed by atoms with Gasteiger partial charge in [0.2, 0.25) is 0 Å². The Morgan fingerprint density at radius 2 is 0.788 bits per heavy atom. The molecule has 254 valence electrons. The Morgan fingerprint density at radius 1 is 0.442 bits per heavy atom. The predicted molar refractivity (Wildman–Crippen MR) is 218 cm³/mol. The maximum absolute atomic E-state index is 13.3. The molecule has 52 heavy (non-hydrogen) atoms. The second kappa shape index (κ2) is 15.5. The zero-order valence-electron chi connectivity index (χ0n) is 27.4. The van der Waals surface area contributed by atoms with E-state index in [0.29, 0.717) is 21.6 Å². The summed E-state index contributed by atoms with van der Waals surface area (Å²) in [6.07, 6.45) is 7.18. The average molecular weight is 772 g/mol. The molecule has 10 heteroatoms. The van der Waals surface area contributed by atoms with Gasteiger partial charge in [0.05, 0.1) is 21.1 Å². The van der Waals surface area contributed by atoms with Crippen LogP contribution in [0.25, 0.3) is 64.5 Å². The maximum atomic E-state index is 13.3. The molecule has 5 nitrogen and oxygen atoms in total. The molecule has 4 heterocycles. The maximum Gasteiger partial charge on any atom is 0.131 e. The van der Waals surface area contributed by atoms with E-state index < -0.39 is 11.2 Å². The van der Waals surface area contributed by atoms with Crippen molar-refractivity contribution in [3.05, 3.63) is 167 Å². The lowest BCUT2D eigenvalue weighted by molar-refractivity contribution is 0.593. The Morgan fingerprint density at radius 3 is 1.15 bits per heavy atom. The first kappa shape index (κ1) is 34.4. The van der Waals surface area contributed by atoms with Crippen LogP contribution in [0.4, 0.5) is 0 Å². The third-order valence-electron chi connectivity index (χ3n) is 8.43. The van der Waals surface area contributed by atoms with Gasteiger partial charge in [0.1, 0.15) is 21.5 Å². The molecule has 4 aromatic carbocycles. The summed E-state index contributed by atoms with van der Waals surface area (Å²) in [6.45, 7) is 0. The van der Waals surface area contributed by atoms with E-state index in [2.05, 4.69) is 34.2 Å². The SMILES string of the molecule is [O-][S+](Cc1ccc(-c2nc(-c3ccc(Cl)cc3)c(-c3ccncc3)s2)cc1)Cc1ccc(-c2nc(-c3ccc(Cl)cc3)c(-c3ccncc3)s2)cc1. The van der Waals surface area contributed by atoms with E-state index in [9.17, 15) is 4.55 Å². The highest BCUT2D eigenvalue weighted by Crippen LogP contribution is 2.42. The summed E-state index contributed by atoms with van der Waals surface area (Å²) < 4.78 is 13.3. The van der Waals surface area contributed by atoms with Crippen molar-refractivity contribution in [2.75, 3.05) is 0 Å². The number of halogens is 2. The van der Waals surface area contributed by atoms with Crippen LogP contribution in [-0.2, 0) is 22.7 Å². The molecule has 0 amide bonds. The summed E-state index contributed by atoms with van der Waals surface area (Å²) in [4.78, 5) is 20.6. The molecule has 0 N–H and O–H groups in total. The van der Waals surface area contributed by atoms with Gasteiger partial charge in [0.25, 0.3) is 0 Å². The topological polar surface area (TPSA) is 74.6 Å². The van der Waals surface area contributed by atoms with Crippen LogP contribution in [0.3, 0.4) is 0 Å². The highest BCUT2D eigenvalue weighted by atomic mass is 35.5. The zero-order chi connectivity index (χ0) is 35.4. The Kier molecular flexibility index (Phi) is 10.3. The molecular weight excluding hydrogens is 744 g/mol. The minimum Gasteiger partial charge on any atom is -0.616 e. The first-order valence-corrected chi connectivity index (χ1v) is 20.2. The Bertz CT molecular complexity index is 2250. The fourth-order valence-electron chi connectivity index (χ4n) is 5.80. The molecule has 0 aliphatic rings. The van der Waals surface area contributed by atoms with Gasteiger partial charge >= 0.3 is 0 Å².